The maximum atomic E-state index is 11.8. The Bertz CT molecular complexity index is 482. The Labute approximate surface area is 109 Å². The lowest BCUT2D eigenvalue weighted by Gasteiger charge is -2.15. The summed E-state index contributed by atoms with van der Waals surface area (Å²) in [7, 11) is -1.11. The summed E-state index contributed by atoms with van der Waals surface area (Å²) in [6.07, 6.45) is 1.63. The van der Waals surface area contributed by atoms with Gasteiger partial charge >= 0.3 is 0 Å². The molecule has 0 fully saturated rings. The molecule has 1 aromatic rings. The molecule has 1 rings (SSSR count). The molecule has 0 aliphatic carbocycles. The summed E-state index contributed by atoms with van der Waals surface area (Å²) in [6, 6.07) is 9.12. The van der Waals surface area contributed by atoms with E-state index in [4.69, 9.17) is 0 Å². The number of ketones is 1. The first-order valence-electron chi connectivity index (χ1n) is 5.83. The second-order valence-electron chi connectivity index (χ2n) is 4.47. The summed E-state index contributed by atoms with van der Waals surface area (Å²) in [6.45, 7) is 1.03. The van der Waals surface area contributed by atoms with E-state index in [1.807, 2.05) is 30.1 Å². The number of hydrogen-bond acceptors (Lipinski definition) is 4. The predicted octanol–water partition coefficient (Wildman–Crippen LogP) is 1.24. The SMILES string of the molecule is CN(CCC(=O)c1ccccc1)CCS(C)(=O)=O. The highest BCUT2D eigenvalue weighted by molar-refractivity contribution is 7.90. The molecule has 18 heavy (non-hydrogen) atoms. The van der Waals surface area contributed by atoms with Crippen LogP contribution in [0.5, 0.6) is 0 Å². The average Bonchev–Trinajstić information content (AvgIpc) is 2.33. The van der Waals surface area contributed by atoms with Gasteiger partial charge in [0.05, 0.1) is 5.75 Å². The smallest absolute Gasteiger partial charge is 0.164 e. The Balaban J connectivity index is 2.35. The summed E-state index contributed by atoms with van der Waals surface area (Å²) in [5, 5.41) is 0. The van der Waals surface area contributed by atoms with Gasteiger partial charge in [-0.15, -0.1) is 0 Å². The van der Waals surface area contributed by atoms with Crippen LogP contribution in [0.15, 0.2) is 30.3 Å². The Morgan fingerprint density at radius 1 is 1.17 bits per heavy atom. The first kappa shape index (κ1) is 14.9. The van der Waals surface area contributed by atoms with E-state index in [2.05, 4.69) is 0 Å². The second-order valence-corrected chi connectivity index (χ2v) is 6.73. The van der Waals surface area contributed by atoms with Gasteiger partial charge in [0.1, 0.15) is 9.84 Å². The fourth-order valence-electron chi connectivity index (χ4n) is 1.49. The zero-order valence-corrected chi connectivity index (χ0v) is 11.6. The molecule has 0 saturated heterocycles. The average molecular weight is 269 g/mol. The van der Waals surface area contributed by atoms with Crippen LogP contribution in [-0.4, -0.2) is 51.2 Å². The van der Waals surface area contributed by atoms with E-state index in [0.717, 1.165) is 0 Å². The van der Waals surface area contributed by atoms with Crippen LogP contribution in [0.1, 0.15) is 16.8 Å². The third-order valence-corrected chi connectivity index (χ3v) is 3.58. The number of carbonyl (C=O) groups excluding carboxylic acids is 1. The van der Waals surface area contributed by atoms with Gasteiger partial charge in [-0.1, -0.05) is 30.3 Å². The van der Waals surface area contributed by atoms with Gasteiger partial charge in [0.15, 0.2) is 5.78 Å². The van der Waals surface area contributed by atoms with Crippen molar-refractivity contribution in [1.29, 1.82) is 0 Å². The highest BCUT2D eigenvalue weighted by Gasteiger charge is 2.09. The summed E-state index contributed by atoms with van der Waals surface area (Å²) in [5.74, 6) is 0.213. The minimum Gasteiger partial charge on any atom is -0.305 e. The molecular weight excluding hydrogens is 250 g/mol. The molecule has 0 bridgehead atoms. The highest BCUT2D eigenvalue weighted by atomic mass is 32.2. The van der Waals surface area contributed by atoms with Crippen molar-refractivity contribution < 1.29 is 13.2 Å². The highest BCUT2D eigenvalue weighted by Crippen LogP contribution is 2.03. The first-order chi connectivity index (χ1) is 8.38. The van der Waals surface area contributed by atoms with Gasteiger partial charge in [0.25, 0.3) is 0 Å². The van der Waals surface area contributed by atoms with Crippen molar-refractivity contribution in [2.75, 3.05) is 32.1 Å². The fourth-order valence-corrected chi connectivity index (χ4v) is 2.14. The van der Waals surface area contributed by atoms with Crippen LogP contribution in [0.2, 0.25) is 0 Å². The molecule has 0 radical (unpaired) electrons. The summed E-state index contributed by atoms with van der Waals surface area (Å²) in [5.41, 5.74) is 0.703. The number of nitrogens with zero attached hydrogens (tertiary/aromatic N) is 1. The van der Waals surface area contributed by atoms with Crippen molar-refractivity contribution in [1.82, 2.24) is 4.90 Å². The number of benzene rings is 1. The van der Waals surface area contributed by atoms with E-state index in [0.29, 0.717) is 25.1 Å². The van der Waals surface area contributed by atoms with Crippen molar-refractivity contribution in [2.24, 2.45) is 0 Å². The predicted molar refractivity (Wildman–Crippen MR) is 72.6 cm³/mol. The number of carbonyl (C=O) groups is 1. The molecule has 0 unspecified atom stereocenters. The number of sulfone groups is 1. The Hall–Kier alpha value is -1.20. The lowest BCUT2D eigenvalue weighted by Crippen LogP contribution is -2.27. The van der Waals surface area contributed by atoms with Gasteiger partial charge in [-0.25, -0.2) is 8.42 Å². The first-order valence-corrected chi connectivity index (χ1v) is 7.89. The molecule has 0 aliphatic heterocycles. The van der Waals surface area contributed by atoms with E-state index < -0.39 is 9.84 Å². The fraction of sp³-hybridized carbons (Fsp3) is 0.462. The summed E-state index contributed by atoms with van der Waals surface area (Å²) < 4.78 is 22.0. The molecule has 4 nitrogen and oxygen atoms in total. The maximum Gasteiger partial charge on any atom is 0.164 e. The maximum absolute atomic E-state index is 11.8. The Morgan fingerprint density at radius 3 is 2.33 bits per heavy atom. The van der Waals surface area contributed by atoms with Crippen molar-refractivity contribution >= 4 is 15.6 Å². The van der Waals surface area contributed by atoms with Gasteiger partial charge in [0.2, 0.25) is 0 Å². The lowest BCUT2D eigenvalue weighted by molar-refractivity contribution is 0.0970. The normalized spacial score (nSPS) is 11.7. The third kappa shape index (κ3) is 5.93. The largest absolute Gasteiger partial charge is 0.305 e. The van der Waals surface area contributed by atoms with E-state index >= 15 is 0 Å². The number of hydrogen-bond donors (Lipinski definition) is 0. The molecule has 0 N–H and O–H groups in total. The molecule has 0 amide bonds. The van der Waals surface area contributed by atoms with E-state index in [-0.39, 0.29) is 11.5 Å². The quantitative estimate of drug-likeness (QED) is 0.699. The zero-order chi connectivity index (χ0) is 13.6. The second kappa shape index (κ2) is 6.66. The third-order valence-electron chi connectivity index (χ3n) is 2.66. The van der Waals surface area contributed by atoms with Crippen LogP contribution in [-0.2, 0) is 9.84 Å². The van der Waals surface area contributed by atoms with Crippen LogP contribution in [0.3, 0.4) is 0 Å². The molecule has 1 aromatic carbocycles. The number of Topliss-reactive ketones (excluding diaryl/α,β-unsaturated/α-hetero) is 1. The summed E-state index contributed by atoms with van der Waals surface area (Å²) in [4.78, 5) is 13.7. The molecule has 0 heterocycles. The van der Waals surface area contributed by atoms with E-state index in [1.165, 1.54) is 6.26 Å². The van der Waals surface area contributed by atoms with Crippen molar-refractivity contribution in [3.05, 3.63) is 35.9 Å². The molecule has 0 saturated carbocycles. The van der Waals surface area contributed by atoms with Crippen LogP contribution < -0.4 is 0 Å². The monoisotopic (exact) mass is 269 g/mol. The Kier molecular flexibility index (Phi) is 5.50. The molecule has 0 aromatic heterocycles. The molecule has 0 aliphatic rings. The van der Waals surface area contributed by atoms with Crippen LogP contribution >= 0.6 is 0 Å². The van der Waals surface area contributed by atoms with Gasteiger partial charge in [-0.3, -0.25) is 4.79 Å². The van der Waals surface area contributed by atoms with Crippen LogP contribution in [0.25, 0.3) is 0 Å². The topological polar surface area (TPSA) is 54.5 Å². The molecule has 5 heteroatoms. The molecule has 0 atom stereocenters. The van der Waals surface area contributed by atoms with E-state index in [9.17, 15) is 13.2 Å². The lowest BCUT2D eigenvalue weighted by atomic mass is 10.1. The van der Waals surface area contributed by atoms with Crippen LogP contribution in [0, 0.1) is 0 Å². The number of rotatable bonds is 7. The molecule has 0 spiro atoms. The molecule has 100 valence electrons. The minimum absolute atomic E-state index is 0.0850. The van der Waals surface area contributed by atoms with Gasteiger partial charge < -0.3 is 4.90 Å². The minimum atomic E-state index is -2.94. The van der Waals surface area contributed by atoms with Crippen molar-refractivity contribution in [3.8, 4) is 0 Å². The van der Waals surface area contributed by atoms with Gasteiger partial charge in [0, 0.05) is 31.3 Å². The van der Waals surface area contributed by atoms with Crippen molar-refractivity contribution in [3.63, 3.8) is 0 Å². The van der Waals surface area contributed by atoms with Crippen molar-refractivity contribution in [2.45, 2.75) is 6.42 Å². The summed E-state index contributed by atoms with van der Waals surface area (Å²) >= 11 is 0. The van der Waals surface area contributed by atoms with Gasteiger partial charge in [-0.2, -0.15) is 0 Å². The molecular formula is C13H19NO3S. The van der Waals surface area contributed by atoms with Crippen LogP contribution in [0.4, 0.5) is 0 Å². The Morgan fingerprint density at radius 2 is 1.78 bits per heavy atom. The van der Waals surface area contributed by atoms with E-state index in [1.54, 1.807) is 12.1 Å². The zero-order valence-electron chi connectivity index (χ0n) is 10.8. The van der Waals surface area contributed by atoms with Gasteiger partial charge in [-0.05, 0) is 7.05 Å². The standard InChI is InChI=1S/C13H19NO3S/c1-14(10-11-18(2,16)17)9-8-13(15)12-6-4-3-5-7-12/h3-7H,8-11H2,1-2H3.